The second-order valence-electron chi connectivity index (χ2n) is 5.89. The molecule has 0 atom stereocenters. The average Bonchev–Trinajstić information content (AvgIpc) is 2.87. The van der Waals surface area contributed by atoms with Crippen LogP contribution in [0.1, 0.15) is 37.7 Å². The van der Waals surface area contributed by atoms with Crippen molar-refractivity contribution in [3.05, 3.63) is 38.9 Å². The highest BCUT2D eigenvalue weighted by atomic mass is 35.5. The molecule has 0 bridgehead atoms. The maximum absolute atomic E-state index is 12.2. The van der Waals surface area contributed by atoms with Gasteiger partial charge >= 0.3 is 0 Å². The molecule has 0 aliphatic heterocycles. The van der Waals surface area contributed by atoms with Gasteiger partial charge in [-0.1, -0.05) is 24.4 Å². The van der Waals surface area contributed by atoms with Crippen LogP contribution in [0.4, 0.5) is 5.69 Å². The van der Waals surface area contributed by atoms with E-state index in [4.69, 9.17) is 11.6 Å². The van der Waals surface area contributed by atoms with Crippen LogP contribution in [0, 0.1) is 10.1 Å². The Morgan fingerprint density at radius 3 is 2.68 bits per heavy atom. The number of hydrogen-bond acceptors (Lipinski definition) is 4. The Morgan fingerprint density at radius 2 is 2.09 bits per heavy atom. The van der Waals surface area contributed by atoms with Crippen LogP contribution in [0.3, 0.4) is 0 Å². The number of halogens is 1. The highest BCUT2D eigenvalue weighted by molar-refractivity contribution is 6.31. The molecule has 1 amide bonds. The minimum Gasteiger partial charge on any atom is -0.389 e. The van der Waals surface area contributed by atoms with E-state index in [1.165, 1.54) is 23.1 Å². The number of benzene rings is 1. The van der Waals surface area contributed by atoms with Crippen molar-refractivity contribution in [2.24, 2.45) is 0 Å². The number of nitro groups is 1. The molecule has 7 heteroatoms. The smallest absolute Gasteiger partial charge is 0.269 e. The first-order valence-corrected chi connectivity index (χ1v) is 7.58. The Bertz CT molecular complexity index is 585. The minimum atomic E-state index is -0.905. The van der Waals surface area contributed by atoms with E-state index in [2.05, 4.69) is 0 Å². The van der Waals surface area contributed by atoms with Gasteiger partial charge in [0.1, 0.15) is 0 Å². The summed E-state index contributed by atoms with van der Waals surface area (Å²) in [6, 6.07) is 4.16. The highest BCUT2D eigenvalue weighted by Gasteiger charge is 2.34. The SMILES string of the molecule is CN(Cc1cc([N+](=O)[O-])ccc1Cl)C(=O)CC1(O)CCCC1. The number of non-ortho nitro benzene ring substituents is 1. The van der Waals surface area contributed by atoms with Gasteiger partial charge in [-0.05, 0) is 24.5 Å². The number of carbonyl (C=O) groups is 1. The first kappa shape index (κ1) is 16.7. The van der Waals surface area contributed by atoms with E-state index < -0.39 is 10.5 Å². The lowest BCUT2D eigenvalue weighted by atomic mass is 9.97. The minimum absolute atomic E-state index is 0.0605. The van der Waals surface area contributed by atoms with Gasteiger partial charge in [0.15, 0.2) is 0 Å². The number of rotatable bonds is 5. The van der Waals surface area contributed by atoms with E-state index in [9.17, 15) is 20.0 Å². The Kier molecular flexibility index (Phi) is 5.03. The van der Waals surface area contributed by atoms with Crippen LogP contribution in [0.25, 0.3) is 0 Å². The van der Waals surface area contributed by atoms with Gasteiger partial charge in [0.05, 0.1) is 16.9 Å². The van der Waals surface area contributed by atoms with Gasteiger partial charge in [-0.2, -0.15) is 0 Å². The highest BCUT2D eigenvalue weighted by Crippen LogP contribution is 2.33. The van der Waals surface area contributed by atoms with Crippen molar-refractivity contribution in [2.75, 3.05) is 7.05 Å². The Labute approximate surface area is 133 Å². The lowest BCUT2D eigenvalue weighted by molar-refractivity contribution is -0.384. The lowest BCUT2D eigenvalue weighted by Gasteiger charge is -2.25. The Balaban J connectivity index is 2.04. The fourth-order valence-electron chi connectivity index (χ4n) is 2.77. The van der Waals surface area contributed by atoms with Gasteiger partial charge in [0.2, 0.25) is 5.91 Å². The molecule has 0 unspecified atom stereocenters. The van der Waals surface area contributed by atoms with Crippen LogP contribution in [-0.2, 0) is 11.3 Å². The molecule has 120 valence electrons. The molecule has 1 aliphatic carbocycles. The van der Waals surface area contributed by atoms with Gasteiger partial charge in [-0.3, -0.25) is 14.9 Å². The third-order valence-corrected chi connectivity index (χ3v) is 4.46. The number of nitrogens with zero attached hydrogens (tertiary/aromatic N) is 2. The number of carbonyl (C=O) groups excluding carboxylic acids is 1. The first-order chi connectivity index (χ1) is 10.3. The van der Waals surface area contributed by atoms with Gasteiger partial charge in [-0.15, -0.1) is 0 Å². The third kappa shape index (κ3) is 3.96. The number of aliphatic hydroxyl groups is 1. The molecule has 6 nitrogen and oxygen atoms in total. The molecule has 1 N–H and O–H groups in total. The molecule has 1 aromatic carbocycles. The summed E-state index contributed by atoms with van der Waals surface area (Å²) in [6.45, 7) is 0.176. The summed E-state index contributed by atoms with van der Waals surface area (Å²) in [5.41, 5.74) is -0.447. The normalized spacial score (nSPS) is 16.5. The maximum atomic E-state index is 12.2. The monoisotopic (exact) mass is 326 g/mol. The van der Waals surface area contributed by atoms with E-state index >= 15 is 0 Å². The summed E-state index contributed by atoms with van der Waals surface area (Å²) in [5, 5.41) is 21.5. The molecule has 22 heavy (non-hydrogen) atoms. The van der Waals surface area contributed by atoms with Crippen molar-refractivity contribution in [3.63, 3.8) is 0 Å². The van der Waals surface area contributed by atoms with Crippen LogP contribution in [0.15, 0.2) is 18.2 Å². The van der Waals surface area contributed by atoms with Crippen LogP contribution < -0.4 is 0 Å². The van der Waals surface area contributed by atoms with Crippen molar-refractivity contribution < 1.29 is 14.8 Å². The van der Waals surface area contributed by atoms with Crippen molar-refractivity contribution in [3.8, 4) is 0 Å². The van der Waals surface area contributed by atoms with E-state index in [1.54, 1.807) is 7.05 Å². The van der Waals surface area contributed by atoms with Crippen LogP contribution in [0.2, 0.25) is 5.02 Å². The van der Waals surface area contributed by atoms with Crippen molar-refractivity contribution in [1.29, 1.82) is 0 Å². The van der Waals surface area contributed by atoms with Crippen LogP contribution in [0.5, 0.6) is 0 Å². The molecule has 2 rings (SSSR count). The zero-order chi connectivity index (χ0) is 16.3. The van der Waals surface area contributed by atoms with E-state index in [0.29, 0.717) is 23.4 Å². The molecule has 0 saturated heterocycles. The summed E-state index contributed by atoms with van der Waals surface area (Å²) in [4.78, 5) is 24.0. The summed E-state index contributed by atoms with van der Waals surface area (Å²) >= 11 is 6.04. The molecular weight excluding hydrogens is 308 g/mol. The molecule has 0 heterocycles. The van der Waals surface area contributed by atoms with Crippen molar-refractivity contribution in [1.82, 2.24) is 4.90 Å². The molecule has 1 aliphatic rings. The molecule has 0 spiro atoms. The topological polar surface area (TPSA) is 83.7 Å². The standard InChI is InChI=1S/C15H19ClN2O4/c1-17(14(19)9-15(20)6-2-3-7-15)10-11-8-12(18(21)22)4-5-13(11)16/h4-5,8,20H,2-3,6-7,9-10H2,1H3. The largest absolute Gasteiger partial charge is 0.389 e. The fraction of sp³-hybridized carbons (Fsp3) is 0.533. The van der Waals surface area contributed by atoms with Crippen LogP contribution in [-0.4, -0.2) is 33.5 Å². The predicted molar refractivity (Wildman–Crippen MR) is 82.6 cm³/mol. The lowest BCUT2D eigenvalue weighted by Crippen LogP contribution is -2.35. The van der Waals surface area contributed by atoms with E-state index in [-0.39, 0.29) is 24.6 Å². The number of amides is 1. The quantitative estimate of drug-likeness (QED) is 0.666. The third-order valence-electron chi connectivity index (χ3n) is 4.09. The fourth-order valence-corrected chi connectivity index (χ4v) is 2.94. The average molecular weight is 327 g/mol. The van der Waals surface area contributed by atoms with E-state index in [0.717, 1.165) is 12.8 Å². The van der Waals surface area contributed by atoms with Crippen molar-refractivity contribution >= 4 is 23.2 Å². The van der Waals surface area contributed by atoms with E-state index in [1.807, 2.05) is 0 Å². The molecule has 1 aromatic rings. The molecular formula is C15H19ClN2O4. The molecule has 1 saturated carbocycles. The molecule has 0 radical (unpaired) electrons. The maximum Gasteiger partial charge on any atom is 0.269 e. The summed E-state index contributed by atoms with van der Waals surface area (Å²) in [5.74, 6) is -0.188. The van der Waals surface area contributed by atoms with Gasteiger partial charge < -0.3 is 10.0 Å². The Hall–Kier alpha value is -1.66. The first-order valence-electron chi connectivity index (χ1n) is 7.20. The zero-order valence-electron chi connectivity index (χ0n) is 12.4. The number of hydrogen-bond donors (Lipinski definition) is 1. The summed E-state index contributed by atoms with van der Waals surface area (Å²) < 4.78 is 0. The van der Waals surface area contributed by atoms with Crippen LogP contribution >= 0.6 is 11.6 Å². The predicted octanol–water partition coefficient (Wildman–Crippen LogP) is 2.90. The van der Waals surface area contributed by atoms with Gasteiger partial charge in [-0.25, -0.2) is 0 Å². The zero-order valence-corrected chi connectivity index (χ0v) is 13.2. The summed E-state index contributed by atoms with van der Waals surface area (Å²) in [6.07, 6.45) is 3.23. The number of nitro benzene ring substituents is 1. The summed E-state index contributed by atoms with van der Waals surface area (Å²) in [7, 11) is 1.61. The van der Waals surface area contributed by atoms with Gasteiger partial charge in [0, 0.05) is 30.7 Å². The Morgan fingerprint density at radius 1 is 1.45 bits per heavy atom. The van der Waals surface area contributed by atoms with Gasteiger partial charge in [0.25, 0.3) is 5.69 Å². The van der Waals surface area contributed by atoms with Crippen molar-refractivity contribution in [2.45, 2.75) is 44.2 Å². The second kappa shape index (κ2) is 6.62. The molecule has 0 aromatic heterocycles. The second-order valence-corrected chi connectivity index (χ2v) is 6.30. The molecule has 1 fully saturated rings.